The van der Waals surface area contributed by atoms with Crippen molar-refractivity contribution in [3.05, 3.63) is 83.9 Å². The zero-order valence-electron chi connectivity index (χ0n) is 18.5. The first-order valence-corrected chi connectivity index (χ1v) is 11.1. The maximum atomic E-state index is 12.2. The van der Waals surface area contributed by atoms with Gasteiger partial charge in [0.1, 0.15) is 5.75 Å². The van der Waals surface area contributed by atoms with Crippen molar-refractivity contribution in [1.82, 2.24) is 0 Å². The summed E-state index contributed by atoms with van der Waals surface area (Å²) in [7, 11) is 1.48. The number of ether oxygens (including phenoxy) is 2. The summed E-state index contributed by atoms with van der Waals surface area (Å²) < 4.78 is 10.8. The van der Waals surface area contributed by atoms with Gasteiger partial charge < -0.3 is 19.9 Å². The molecule has 0 saturated heterocycles. The van der Waals surface area contributed by atoms with Crippen LogP contribution in [0, 0.1) is 0 Å². The maximum Gasteiger partial charge on any atom is 0.224 e. The van der Waals surface area contributed by atoms with Crippen LogP contribution in [0.5, 0.6) is 17.2 Å². The van der Waals surface area contributed by atoms with E-state index in [4.69, 9.17) is 9.47 Å². The minimum Gasteiger partial charge on any atom is -0.504 e. The van der Waals surface area contributed by atoms with Gasteiger partial charge in [0.15, 0.2) is 11.5 Å². The Balaban J connectivity index is 1.32. The molecule has 1 amide bonds. The first-order valence-electron chi connectivity index (χ1n) is 11.1. The SMILES string of the molecule is COc1ccc(NC(=O)CCc2ccc(OCCCCCc3ccccc3)cc2)cc1O. The minimum absolute atomic E-state index is 0.00270. The second-order valence-electron chi connectivity index (χ2n) is 7.72. The Kier molecular flexibility index (Phi) is 8.99. The standard InChI is InChI=1S/C27H31NO4/c1-31-26-17-14-23(20-25(26)29)28-27(30)18-13-22-11-15-24(16-12-22)32-19-7-3-6-10-21-8-4-2-5-9-21/h2,4-5,8-9,11-12,14-17,20,29H,3,6-7,10,13,18-19H2,1H3,(H,28,30). The number of aryl methyl sites for hydroxylation is 2. The van der Waals surface area contributed by atoms with Crippen LogP contribution < -0.4 is 14.8 Å². The number of hydrogen-bond acceptors (Lipinski definition) is 4. The van der Waals surface area contributed by atoms with Crippen LogP contribution in [0.2, 0.25) is 0 Å². The Morgan fingerprint density at radius 1 is 0.875 bits per heavy atom. The number of phenolic OH excluding ortho intramolecular Hbond substituents is 1. The average molecular weight is 434 g/mol. The van der Waals surface area contributed by atoms with Crippen LogP contribution in [-0.4, -0.2) is 24.7 Å². The Morgan fingerprint density at radius 2 is 1.62 bits per heavy atom. The smallest absolute Gasteiger partial charge is 0.224 e. The number of carbonyl (C=O) groups is 1. The van der Waals surface area contributed by atoms with Gasteiger partial charge in [0.25, 0.3) is 0 Å². The fourth-order valence-corrected chi connectivity index (χ4v) is 3.44. The Morgan fingerprint density at radius 3 is 2.34 bits per heavy atom. The van der Waals surface area contributed by atoms with Gasteiger partial charge >= 0.3 is 0 Å². The summed E-state index contributed by atoms with van der Waals surface area (Å²) in [5.74, 6) is 1.12. The highest BCUT2D eigenvalue weighted by molar-refractivity contribution is 5.91. The van der Waals surface area contributed by atoms with Crippen LogP contribution in [0.4, 0.5) is 5.69 Å². The van der Waals surface area contributed by atoms with E-state index in [9.17, 15) is 9.90 Å². The molecule has 0 heterocycles. The molecule has 0 spiro atoms. The number of carbonyl (C=O) groups excluding carboxylic acids is 1. The Labute approximate surface area is 190 Å². The number of phenols is 1. The molecule has 0 bridgehead atoms. The molecule has 168 valence electrons. The fraction of sp³-hybridized carbons (Fsp3) is 0.296. The highest BCUT2D eigenvalue weighted by atomic mass is 16.5. The molecule has 2 N–H and O–H groups in total. The first-order chi connectivity index (χ1) is 15.6. The number of unbranched alkanes of at least 4 members (excludes halogenated alkanes) is 2. The third-order valence-electron chi connectivity index (χ3n) is 5.25. The van der Waals surface area contributed by atoms with Crippen molar-refractivity contribution in [3.8, 4) is 17.2 Å². The van der Waals surface area contributed by atoms with Gasteiger partial charge in [-0.25, -0.2) is 0 Å². The van der Waals surface area contributed by atoms with Crippen molar-refractivity contribution in [3.63, 3.8) is 0 Å². The average Bonchev–Trinajstić information content (AvgIpc) is 2.81. The third-order valence-corrected chi connectivity index (χ3v) is 5.25. The van der Waals surface area contributed by atoms with Crippen LogP contribution in [0.25, 0.3) is 0 Å². The summed E-state index contributed by atoms with van der Waals surface area (Å²) in [4.78, 5) is 12.2. The van der Waals surface area contributed by atoms with E-state index >= 15 is 0 Å². The lowest BCUT2D eigenvalue weighted by Crippen LogP contribution is -2.12. The molecular formula is C27H31NO4. The molecule has 0 aromatic heterocycles. The summed E-state index contributed by atoms with van der Waals surface area (Å²) in [6.45, 7) is 0.714. The van der Waals surface area contributed by atoms with E-state index in [1.165, 1.54) is 25.2 Å². The summed E-state index contributed by atoms with van der Waals surface area (Å²) in [6.07, 6.45) is 5.46. The molecule has 0 atom stereocenters. The molecule has 3 aromatic rings. The Bertz CT molecular complexity index is 971. The highest BCUT2D eigenvalue weighted by Gasteiger charge is 2.07. The van der Waals surface area contributed by atoms with E-state index < -0.39 is 0 Å². The van der Waals surface area contributed by atoms with Gasteiger partial charge in [-0.15, -0.1) is 0 Å². The summed E-state index contributed by atoms with van der Waals surface area (Å²) in [5.41, 5.74) is 3.01. The molecule has 0 fully saturated rings. The van der Waals surface area contributed by atoms with Crippen LogP contribution in [0.15, 0.2) is 72.8 Å². The van der Waals surface area contributed by atoms with Crippen molar-refractivity contribution in [1.29, 1.82) is 0 Å². The van der Waals surface area contributed by atoms with Crippen molar-refractivity contribution in [2.45, 2.75) is 38.5 Å². The van der Waals surface area contributed by atoms with E-state index in [0.717, 1.165) is 30.6 Å². The van der Waals surface area contributed by atoms with Gasteiger partial charge in [-0.1, -0.05) is 42.5 Å². The van der Waals surface area contributed by atoms with E-state index in [0.29, 0.717) is 30.9 Å². The van der Waals surface area contributed by atoms with E-state index in [1.54, 1.807) is 12.1 Å². The van der Waals surface area contributed by atoms with Gasteiger partial charge in [0, 0.05) is 18.2 Å². The second kappa shape index (κ2) is 12.4. The van der Waals surface area contributed by atoms with E-state index in [-0.39, 0.29) is 11.7 Å². The largest absolute Gasteiger partial charge is 0.504 e. The molecule has 5 nitrogen and oxygen atoms in total. The zero-order valence-corrected chi connectivity index (χ0v) is 18.5. The number of rotatable bonds is 12. The van der Waals surface area contributed by atoms with Gasteiger partial charge in [-0.2, -0.15) is 0 Å². The molecule has 5 heteroatoms. The van der Waals surface area contributed by atoms with E-state index in [2.05, 4.69) is 29.6 Å². The number of anilines is 1. The number of hydrogen-bond donors (Lipinski definition) is 2. The van der Waals surface area contributed by atoms with Gasteiger partial charge in [0.05, 0.1) is 13.7 Å². The molecule has 0 aliphatic heterocycles. The number of aromatic hydroxyl groups is 1. The van der Waals surface area contributed by atoms with Crippen LogP contribution >= 0.6 is 0 Å². The minimum atomic E-state index is -0.106. The second-order valence-corrected chi connectivity index (χ2v) is 7.72. The lowest BCUT2D eigenvalue weighted by Gasteiger charge is -2.09. The zero-order chi connectivity index (χ0) is 22.6. The molecular weight excluding hydrogens is 402 g/mol. The molecule has 3 rings (SSSR count). The third kappa shape index (κ3) is 7.65. The Hall–Kier alpha value is -3.47. The quantitative estimate of drug-likeness (QED) is 0.356. The normalized spacial score (nSPS) is 10.5. The van der Waals surface area contributed by atoms with Crippen molar-refractivity contribution < 1.29 is 19.4 Å². The maximum absolute atomic E-state index is 12.2. The van der Waals surface area contributed by atoms with Crippen LogP contribution in [0.3, 0.4) is 0 Å². The van der Waals surface area contributed by atoms with Gasteiger partial charge in [-0.3, -0.25) is 4.79 Å². The predicted octanol–water partition coefficient (Wildman–Crippen LogP) is 5.76. The topological polar surface area (TPSA) is 67.8 Å². The molecule has 0 unspecified atom stereocenters. The number of amides is 1. The first kappa shape index (κ1) is 23.2. The molecule has 32 heavy (non-hydrogen) atoms. The summed E-state index contributed by atoms with van der Waals surface area (Å²) in [5, 5.41) is 12.6. The molecule has 0 radical (unpaired) electrons. The lowest BCUT2D eigenvalue weighted by atomic mass is 10.1. The lowest BCUT2D eigenvalue weighted by molar-refractivity contribution is -0.116. The van der Waals surface area contributed by atoms with Crippen LogP contribution in [0.1, 0.15) is 36.8 Å². The van der Waals surface area contributed by atoms with Crippen LogP contribution in [-0.2, 0) is 17.6 Å². The fourth-order valence-electron chi connectivity index (χ4n) is 3.44. The molecule has 0 aliphatic carbocycles. The molecule has 3 aromatic carbocycles. The van der Waals surface area contributed by atoms with Gasteiger partial charge in [0.2, 0.25) is 5.91 Å². The van der Waals surface area contributed by atoms with Crippen molar-refractivity contribution in [2.24, 2.45) is 0 Å². The predicted molar refractivity (Wildman–Crippen MR) is 128 cm³/mol. The monoisotopic (exact) mass is 433 g/mol. The number of methoxy groups -OCH3 is 1. The van der Waals surface area contributed by atoms with Gasteiger partial charge in [-0.05, 0) is 67.5 Å². The van der Waals surface area contributed by atoms with E-state index in [1.807, 2.05) is 30.3 Å². The van der Waals surface area contributed by atoms with Crippen molar-refractivity contribution in [2.75, 3.05) is 19.0 Å². The summed E-state index contributed by atoms with van der Waals surface area (Å²) >= 11 is 0. The highest BCUT2D eigenvalue weighted by Crippen LogP contribution is 2.28. The number of benzene rings is 3. The molecule has 0 aliphatic rings. The number of nitrogens with one attached hydrogen (secondary N) is 1. The molecule has 0 saturated carbocycles. The van der Waals surface area contributed by atoms with Crippen molar-refractivity contribution >= 4 is 11.6 Å². The summed E-state index contributed by atoms with van der Waals surface area (Å²) in [6, 6.07) is 23.3.